The van der Waals surface area contributed by atoms with Gasteiger partial charge in [-0.1, -0.05) is 0 Å². The van der Waals surface area contributed by atoms with Gasteiger partial charge in [-0.25, -0.2) is 0 Å². The molecule has 0 radical (unpaired) electrons. The predicted molar refractivity (Wildman–Crippen MR) is 83.0 cm³/mol. The first-order valence-corrected chi connectivity index (χ1v) is 8.88. The van der Waals surface area contributed by atoms with Crippen LogP contribution < -0.4 is 10.6 Å². The van der Waals surface area contributed by atoms with E-state index in [0.29, 0.717) is 12.6 Å². The average Bonchev–Trinajstić information content (AvgIpc) is 2.39. The number of nitrogens with one attached hydrogen (secondary N) is 2. The van der Waals surface area contributed by atoms with Gasteiger partial charge in [-0.15, -0.1) is 0 Å². The number of piperazine rings is 1. The summed E-state index contributed by atoms with van der Waals surface area (Å²) in [6.07, 6.45) is 8.06. The van der Waals surface area contributed by atoms with E-state index in [0.717, 1.165) is 37.4 Å². The van der Waals surface area contributed by atoms with Crippen LogP contribution in [-0.2, 0) is 4.79 Å². The van der Waals surface area contributed by atoms with Crippen LogP contribution in [0.25, 0.3) is 0 Å². The molecule has 2 N–H and O–H groups in total. The standard InChI is InChI=1S/C17H29N3O/c1-12-10-18-2-3-20(12)11-16(21)19-17-7-13-4-14(8-17)6-15(5-13)9-17/h12-15,18H,2-11H2,1H3,(H,19,21)/t12-,13?,14?,15?,17?/m1/s1. The maximum atomic E-state index is 12.6. The molecule has 1 saturated heterocycles. The molecule has 0 aromatic rings. The van der Waals surface area contributed by atoms with Crippen LogP contribution in [0, 0.1) is 17.8 Å². The zero-order chi connectivity index (χ0) is 14.4. The summed E-state index contributed by atoms with van der Waals surface area (Å²) in [5.74, 6) is 2.96. The summed E-state index contributed by atoms with van der Waals surface area (Å²) < 4.78 is 0. The molecule has 5 fully saturated rings. The molecule has 1 heterocycles. The number of carbonyl (C=O) groups is 1. The van der Waals surface area contributed by atoms with Crippen molar-refractivity contribution >= 4 is 5.91 Å². The molecule has 4 heteroatoms. The fraction of sp³-hybridized carbons (Fsp3) is 0.941. The third-order valence-electron chi connectivity index (χ3n) is 6.43. The van der Waals surface area contributed by atoms with Crippen molar-refractivity contribution < 1.29 is 4.79 Å². The van der Waals surface area contributed by atoms with E-state index < -0.39 is 0 Å². The highest BCUT2D eigenvalue weighted by Crippen LogP contribution is 2.55. The van der Waals surface area contributed by atoms with Crippen molar-refractivity contribution in [2.75, 3.05) is 26.2 Å². The van der Waals surface area contributed by atoms with Crippen molar-refractivity contribution in [2.24, 2.45) is 17.8 Å². The first-order valence-electron chi connectivity index (χ1n) is 8.88. The summed E-state index contributed by atoms with van der Waals surface area (Å²) >= 11 is 0. The normalized spacial score (nSPS) is 45.8. The number of rotatable bonds is 3. The van der Waals surface area contributed by atoms with Gasteiger partial charge in [0.15, 0.2) is 0 Å². The molecule has 4 bridgehead atoms. The first-order chi connectivity index (χ1) is 10.1. The molecule has 5 aliphatic rings. The maximum absolute atomic E-state index is 12.6. The van der Waals surface area contributed by atoms with Gasteiger partial charge in [-0.05, 0) is 63.2 Å². The van der Waals surface area contributed by atoms with E-state index in [1.807, 2.05) is 0 Å². The smallest absolute Gasteiger partial charge is 0.234 e. The fourth-order valence-corrected chi connectivity index (χ4v) is 5.90. The molecule has 0 aromatic heterocycles. The van der Waals surface area contributed by atoms with Crippen molar-refractivity contribution in [3.8, 4) is 0 Å². The van der Waals surface area contributed by atoms with Crippen LogP contribution in [0.4, 0.5) is 0 Å². The van der Waals surface area contributed by atoms with Crippen molar-refractivity contribution in [1.29, 1.82) is 0 Å². The van der Waals surface area contributed by atoms with Crippen LogP contribution in [0.3, 0.4) is 0 Å². The van der Waals surface area contributed by atoms with Crippen LogP contribution in [-0.4, -0.2) is 48.6 Å². The van der Waals surface area contributed by atoms with Gasteiger partial charge < -0.3 is 10.6 Å². The quantitative estimate of drug-likeness (QED) is 0.825. The van der Waals surface area contributed by atoms with E-state index in [2.05, 4.69) is 22.5 Å². The highest BCUT2D eigenvalue weighted by molar-refractivity contribution is 5.79. The number of nitrogens with zero attached hydrogens (tertiary/aromatic N) is 1. The third kappa shape index (κ3) is 2.72. The lowest BCUT2D eigenvalue weighted by atomic mass is 9.53. The Balaban J connectivity index is 1.38. The van der Waals surface area contributed by atoms with Crippen molar-refractivity contribution in [3.05, 3.63) is 0 Å². The lowest BCUT2D eigenvalue weighted by Gasteiger charge is -2.57. The topological polar surface area (TPSA) is 44.4 Å². The Morgan fingerprint density at radius 2 is 1.81 bits per heavy atom. The molecule has 118 valence electrons. The van der Waals surface area contributed by atoms with Gasteiger partial charge in [0.05, 0.1) is 6.54 Å². The fourth-order valence-electron chi connectivity index (χ4n) is 5.90. The van der Waals surface area contributed by atoms with E-state index in [-0.39, 0.29) is 11.4 Å². The summed E-state index contributed by atoms with van der Waals surface area (Å²) in [6.45, 7) is 5.81. The van der Waals surface area contributed by atoms with E-state index in [4.69, 9.17) is 0 Å². The lowest BCUT2D eigenvalue weighted by Crippen LogP contribution is -2.62. The van der Waals surface area contributed by atoms with Gasteiger partial charge >= 0.3 is 0 Å². The summed E-state index contributed by atoms with van der Waals surface area (Å²) in [6, 6.07) is 0.473. The van der Waals surface area contributed by atoms with Crippen LogP contribution in [0.15, 0.2) is 0 Å². The molecule has 21 heavy (non-hydrogen) atoms. The van der Waals surface area contributed by atoms with Crippen LogP contribution >= 0.6 is 0 Å². The van der Waals surface area contributed by atoms with E-state index in [9.17, 15) is 4.79 Å². The molecular formula is C17H29N3O. The number of amides is 1. The monoisotopic (exact) mass is 291 g/mol. The minimum Gasteiger partial charge on any atom is -0.350 e. The molecule has 4 aliphatic carbocycles. The molecule has 0 spiro atoms. The minimum atomic E-state index is 0.170. The van der Waals surface area contributed by atoms with Crippen LogP contribution in [0.5, 0.6) is 0 Å². The molecular weight excluding hydrogens is 262 g/mol. The Morgan fingerprint density at radius 3 is 2.38 bits per heavy atom. The second-order valence-electron chi connectivity index (χ2n) is 8.27. The molecule has 1 amide bonds. The Morgan fingerprint density at radius 1 is 1.19 bits per heavy atom. The number of hydrogen-bond acceptors (Lipinski definition) is 3. The first kappa shape index (κ1) is 14.0. The van der Waals surface area contributed by atoms with E-state index in [1.54, 1.807) is 0 Å². The van der Waals surface area contributed by atoms with Crippen molar-refractivity contribution in [1.82, 2.24) is 15.5 Å². The second kappa shape index (κ2) is 5.24. The van der Waals surface area contributed by atoms with Gasteiger partial charge in [-0.3, -0.25) is 9.69 Å². The van der Waals surface area contributed by atoms with Gasteiger partial charge in [0.1, 0.15) is 0 Å². The molecule has 1 atom stereocenters. The average molecular weight is 291 g/mol. The van der Waals surface area contributed by atoms with Crippen LogP contribution in [0.2, 0.25) is 0 Å². The summed E-state index contributed by atoms with van der Waals surface area (Å²) in [5.41, 5.74) is 0.170. The van der Waals surface area contributed by atoms with E-state index >= 15 is 0 Å². The maximum Gasteiger partial charge on any atom is 0.234 e. The Hall–Kier alpha value is -0.610. The van der Waals surface area contributed by atoms with E-state index in [1.165, 1.54) is 38.5 Å². The second-order valence-corrected chi connectivity index (χ2v) is 8.27. The summed E-state index contributed by atoms with van der Waals surface area (Å²) in [4.78, 5) is 14.9. The van der Waals surface area contributed by atoms with Crippen molar-refractivity contribution in [2.45, 2.75) is 57.0 Å². The zero-order valence-corrected chi connectivity index (χ0v) is 13.2. The SMILES string of the molecule is C[C@@H]1CNCCN1CC(=O)NC12CC3CC(CC(C3)C1)C2. The van der Waals surface area contributed by atoms with Crippen molar-refractivity contribution in [3.63, 3.8) is 0 Å². The molecule has 5 rings (SSSR count). The Kier molecular flexibility index (Phi) is 3.49. The Bertz CT molecular complexity index is 387. The lowest BCUT2D eigenvalue weighted by molar-refractivity contribution is -0.128. The highest BCUT2D eigenvalue weighted by atomic mass is 16.2. The summed E-state index contributed by atoms with van der Waals surface area (Å²) in [5, 5.41) is 6.88. The molecule has 4 saturated carbocycles. The summed E-state index contributed by atoms with van der Waals surface area (Å²) in [7, 11) is 0. The van der Waals surface area contributed by atoms with Gasteiger partial charge in [0.2, 0.25) is 5.91 Å². The largest absolute Gasteiger partial charge is 0.350 e. The van der Waals surface area contributed by atoms with Gasteiger partial charge in [-0.2, -0.15) is 0 Å². The van der Waals surface area contributed by atoms with Gasteiger partial charge in [0, 0.05) is 31.2 Å². The minimum absolute atomic E-state index is 0.170. The van der Waals surface area contributed by atoms with Gasteiger partial charge in [0.25, 0.3) is 0 Å². The molecule has 4 nitrogen and oxygen atoms in total. The van der Waals surface area contributed by atoms with Crippen LogP contribution in [0.1, 0.15) is 45.4 Å². The molecule has 0 unspecified atom stereocenters. The number of carbonyl (C=O) groups excluding carboxylic acids is 1. The predicted octanol–water partition coefficient (Wildman–Crippen LogP) is 1.37. The zero-order valence-electron chi connectivity index (χ0n) is 13.2. The Labute approximate surface area is 128 Å². The molecule has 1 aliphatic heterocycles. The third-order valence-corrected chi connectivity index (χ3v) is 6.43. The number of hydrogen-bond donors (Lipinski definition) is 2. The highest BCUT2D eigenvalue weighted by Gasteiger charge is 2.51. The molecule has 0 aromatic carbocycles.